The van der Waals surface area contributed by atoms with Gasteiger partial charge in [0.15, 0.2) is 0 Å². The minimum absolute atomic E-state index is 0.0204. The molecule has 0 spiro atoms. The monoisotopic (exact) mass is 261 g/mol. The van der Waals surface area contributed by atoms with Gasteiger partial charge in [0.25, 0.3) is 0 Å². The summed E-state index contributed by atoms with van der Waals surface area (Å²) in [6.45, 7) is 6.45. The summed E-state index contributed by atoms with van der Waals surface area (Å²) in [7, 11) is 0. The van der Waals surface area contributed by atoms with Gasteiger partial charge in [-0.25, -0.2) is 0 Å². The first kappa shape index (κ1) is 13.9. The summed E-state index contributed by atoms with van der Waals surface area (Å²) in [4.78, 5) is 14.5. The molecule has 1 aromatic rings. The summed E-state index contributed by atoms with van der Waals surface area (Å²) in [6, 6.07) is 8.01. The lowest BCUT2D eigenvalue weighted by atomic mass is 9.95. The smallest absolute Gasteiger partial charge is 0.229 e. The van der Waals surface area contributed by atoms with Crippen LogP contribution < -0.4 is 4.74 Å². The molecular formula is C16H23NO2. The highest BCUT2D eigenvalue weighted by Gasteiger charge is 2.28. The van der Waals surface area contributed by atoms with Crippen molar-refractivity contribution in [2.24, 2.45) is 5.92 Å². The van der Waals surface area contributed by atoms with Crippen molar-refractivity contribution >= 4 is 5.91 Å². The predicted molar refractivity (Wildman–Crippen MR) is 76.3 cm³/mol. The van der Waals surface area contributed by atoms with Crippen LogP contribution in [0.5, 0.6) is 5.75 Å². The SMILES string of the molecule is CCCN(CCC)C(=O)C1COc2ccccc2C1. The van der Waals surface area contributed by atoms with E-state index in [0.717, 1.165) is 43.7 Å². The number of hydrogen-bond donors (Lipinski definition) is 0. The zero-order chi connectivity index (χ0) is 13.7. The molecule has 3 heteroatoms. The molecule has 0 saturated carbocycles. The Morgan fingerprint density at radius 3 is 2.63 bits per heavy atom. The third-order valence-electron chi connectivity index (χ3n) is 3.53. The Hall–Kier alpha value is -1.51. The van der Waals surface area contributed by atoms with E-state index in [-0.39, 0.29) is 11.8 Å². The van der Waals surface area contributed by atoms with Gasteiger partial charge in [-0.2, -0.15) is 0 Å². The Bertz CT molecular complexity index is 425. The van der Waals surface area contributed by atoms with Crippen molar-refractivity contribution in [2.45, 2.75) is 33.1 Å². The van der Waals surface area contributed by atoms with Crippen molar-refractivity contribution in [3.63, 3.8) is 0 Å². The van der Waals surface area contributed by atoms with Crippen LogP contribution in [-0.4, -0.2) is 30.5 Å². The van der Waals surface area contributed by atoms with Gasteiger partial charge >= 0.3 is 0 Å². The van der Waals surface area contributed by atoms with Crippen molar-refractivity contribution in [1.82, 2.24) is 4.90 Å². The van der Waals surface area contributed by atoms with Crippen LogP contribution in [0.4, 0.5) is 0 Å². The summed E-state index contributed by atoms with van der Waals surface area (Å²) in [6.07, 6.45) is 2.82. The Kier molecular flexibility index (Phi) is 4.83. The van der Waals surface area contributed by atoms with E-state index in [2.05, 4.69) is 19.9 Å². The molecular weight excluding hydrogens is 238 g/mol. The van der Waals surface area contributed by atoms with Crippen molar-refractivity contribution in [1.29, 1.82) is 0 Å². The predicted octanol–water partition coefficient (Wildman–Crippen LogP) is 2.89. The molecule has 0 saturated heterocycles. The van der Waals surface area contributed by atoms with E-state index in [0.29, 0.717) is 6.61 Å². The second-order valence-corrected chi connectivity index (χ2v) is 5.15. The summed E-state index contributed by atoms with van der Waals surface area (Å²) >= 11 is 0. The fourth-order valence-corrected chi connectivity index (χ4v) is 2.62. The maximum absolute atomic E-state index is 12.5. The molecule has 19 heavy (non-hydrogen) atoms. The van der Waals surface area contributed by atoms with Gasteiger partial charge in [-0.15, -0.1) is 0 Å². The molecule has 3 nitrogen and oxygen atoms in total. The number of carbonyl (C=O) groups excluding carboxylic acids is 1. The second-order valence-electron chi connectivity index (χ2n) is 5.15. The third kappa shape index (κ3) is 3.28. The zero-order valence-corrected chi connectivity index (χ0v) is 11.9. The zero-order valence-electron chi connectivity index (χ0n) is 11.9. The van der Waals surface area contributed by atoms with Crippen LogP contribution in [0.25, 0.3) is 0 Å². The fraction of sp³-hybridized carbons (Fsp3) is 0.562. The lowest BCUT2D eigenvalue weighted by Crippen LogP contribution is -2.41. The van der Waals surface area contributed by atoms with E-state index in [4.69, 9.17) is 4.74 Å². The highest BCUT2D eigenvalue weighted by molar-refractivity contribution is 5.79. The van der Waals surface area contributed by atoms with Crippen LogP contribution in [0, 0.1) is 5.92 Å². The van der Waals surface area contributed by atoms with E-state index in [1.54, 1.807) is 0 Å². The maximum atomic E-state index is 12.5. The van der Waals surface area contributed by atoms with Gasteiger partial charge in [-0.3, -0.25) is 4.79 Å². The number of nitrogens with zero attached hydrogens (tertiary/aromatic N) is 1. The van der Waals surface area contributed by atoms with Gasteiger partial charge in [0.1, 0.15) is 12.4 Å². The highest BCUT2D eigenvalue weighted by Crippen LogP contribution is 2.27. The number of para-hydroxylation sites is 1. The number of carbonyl (C=O) groups is 1. The Morgan fingerprint density at radius 2 is 1.95 bits per heavy atom. The van der Waals surface area contributed by atoms with Crippen LogP contribution in [0.15, 0.2) is 24.3 Å². The second kappa shape index (κ2) is 6.60. The van der Waals surface area contributed by atoms with Gasteiger partial charge < -0.3 is 9.64 Å². The first-order valence-electron chi connectivity index (χ1n) is 7.25. The Labute approximate surface area is 115 Å². The van der Waals surface area contributed by atoms with Gasteiger partial charge in [-0.1, -0.05) is 32.0 Å². The number of rotatable bonds is 5. The van der Waals surface area contributed by atoms with E-state index < -0.39 is 0 Å². The molecule has 0 aliphatic carbocycles. The molecule has 0 aromatic heterocycles. The number of hydrogen-bond acceptors (Lipinski definition) is 2. The van der Waals surface area contributed by atoms with Gasteiger partial charge in [-0.05, 0) is 30.9 Å². The molecule has 2 rings (SSSR count). The van der Waals surface area contributed by atoms with Crippen molar-refractivity contribution in [3.05, 3.63) is 29.8 Å². The first-order valence-corrected chi connectivity index (χ1v) is 7.25. The highest BCUT2D eigenvalue weighted by atomic mass is 16.5. The number of fused-ring (bicyclic) bond motifs is 1. The minimum atomic E-state index is -0.0204. The van der Waals surface area contributed by atoms with E-state index in [1.165, 1.54) is 0 Å². The first-order chi connectivity index (χ1) is 9.26. The number of ether oxygens (including phenoxy) is 1. The fourth-order valence-electron chi connectivity index (χ4n) is 2.62. The lowest BCUT2D eigenvalue weighted by molar-refractivity contribution is -0.137. The van der Waals surface area contributed by atoms with Gasteiger partial charge in [0, 0.05) is 13.1 Å². The maximum Gasteiger partial charge on any atom is 0.229 e. The standard InChI is InChI=1S/C16H23NO2/c1-3-9-17(10-4-2)16(18)14-11-13-7-5-6-8-15(13)19-12-14/h5-8,14H,3-4,9-12H2,1-2H3. The Morgan fingerprint density at radius 1 is 1.26 bits per heavy atom. The van der Waals surface area contributed by atoms with Crippen LogP contribution in [0.2, 0.25) is 0 Å². The molecule has 1 aliphatic rings. The average molecular weight is 261 g/mol. The summed E-state index contributed by atoms with van der Waals surface area (Å²) in [5, 5.41) is 0. The lowest BCUT2D eigenvalue weighted by Gasteiger charge is -2.30. The van der Waals surface area contributed by atoms with Crippen LogP contribution >= 0.6 is 0 Å². The topological polar surface area (TPSA) is 29.5 Å². The molecule has 1 aromatic carbocycles. The van der Waals surface area contributed by atoms with Crippen molar-refractivity contribution in [2.75, 3.05) is 19.7 Å². The van der Waals surface area contributed by atoms with E-state index in [9.17, 15) is 4.79 Å². The molecule has 104 valence electrons. The summed E-state index contributed by atoms with van der Waals surface area (Å²) in [5.41, 5.74) is 1.15. The summed E-state index contributed by atoms with van der Waals surface area (Å²) < 4.78 is 5.72. The Balaban J connectivity index is 2.04. The number of amides is 1. The molecule has 0 radical (unpaired) electrons. The molecule has 1 atom stereocenters. The largest absolute Gasteiger partial charge is 0.492 e. The van der Waals surface area contributed by atoms with Gasteiger partial charge in [0.2, 0.25) is 5.91 Å². The van der Waals surface area contributed by atoms with E-state index >= 15 is 0 Å². The molecule has 0 bridgehead atoms. The minimum Gasteiger partial charge on any atom is -0.492 e. The van der Waals surface area contributed by atoms with Crippen molar-refractivity contribution < 1.29 is 9.53 Å². The molecule has 1 unspecified atom stereocenters. The molecule has 1 amide bonds. The van der Waals surface area contributed by atoms with Crippen LogP contribution in [-0.2, 0) is 11.2 Å². The van der Waals surface area contributed by atoms with Crippen LogP contribution in [0.1, 0.15) is 32.3 Å². The molecule has 0 fully saturated rings. The van der Waals surface area contributed by atoms with Crippen molar-refractivity contribution in [3.8, 4) is 5.75 Å². The quantitative estimate of drug-likeness (QED) is 0.815. The molecule has 1 heterocycles. The van der Waals surface area contributed by atoms with Gasteiger partial charge in [0.05, 0.1) is 5.92 Å². The average Bonchev–Trinajstić information content (AvgIpc) is 2.46. The molecule has 1 aliphatic heterocycles. The number of benzene rings is 1. The molecule has 0 N–H and O–H groups in total. The third-order valence-corrected chi connectivity index (χ3v) is 3.53. The van der Waals surface area contributed by atoms with E-state index in [1.807, 2.05) is 23.1 Å². The normalized spacial score (nSPS) is 17.5. The summed E-state index contributed by atoms with van der Waals surface area (Å²) in [5.74, 6) is 1.16. The van der Waals surface area contributed by atoms with Crippen LogP contribution in [0.3, 0.4) is 0 Å².